The maximum Gasteiger partial charge on any atom is 0.176 e. The lowest BCUT2D eigenvalue weighted by Gasteiger charge is -2.12. The number of ether oxygens (including phenoxy) is 1. The highest BCUT2D eigenvalue weighted by Gasteiger charge is 2.37. The average Bonchev–Trinajstić information content (AvgIpc) is 2.94. The number of aryl methyl sites for hydroxylation is 1. The van der Waals surface area contributed by atoms with Gasteiger partial charge in [0.25, 0.3) is 0 Å². The van der Waals surface area contributed by atoms with Crippen LogP contribution in [0.15, 0.2) is 77.8 Å². The molecule has 128 valence electrons. The molecule has 0 fully saturated rings. The van der Waals surface area contributed by atoms with Gasteiger partial charge in [-0.1, -0.05) is 48.5 Å². The van der Waals surface area contributed by atoms with Crippen molar-refractivity contribution >= 4 is 17.2 Å². The van der Waals surface area contributed by atoms with Crippen LogP contribution in [-0.2, 0) is 0 Å². The molecule has 0 saturated heterocycles. The molecule has 0 N–H and O–H groups in total. The van der Waals surface area contributed by atoms with Gasteiger partial charge in [0, 0.05) is 11.1 Å². The van der Waals surface area contributed by atoms with E-state index in [-0.39, 0.29) is 11.7 Å². The quantitative estimate of drug-likeness (QED) is 0.664. The van der Waals surface area contributed by atoms with Crippen LogP contribution in [0.4, 0.5) is 5.69 Å². The van der Waals surface area contributed by atoms with E-state index >= 15 is 0 Å². The number of methoxy groups -OCH3 is 1. The Morgan fingerprint density at radius 3 is 2.31 bits per heavy atom. The number of benzene rings is 3. The molecular weight excluding hydrogens is 322 g/mol. The molecule has 0 bridgehead atoms. The molecule has 0 unspecified atom stereocenters. The third-order valence-electron chi connectivity index (χ3n) is 4.70. The molecule has 1 aliphatic carbocycles. The molecule has 0 aliphatic heterocycles. The second-order valence-electron chi connectivity index (χ2n) is 6.45. The van der Waals surface area contributed by atoms with Crippen LogP contribution in [0.5, 0.6) is 5.75 Å². The van der Waals surface area contributed by atoms with E-state index in [1.165, 1.54) is 0 Å². The molecule has 1 atom stereocenters. The summed E-state index contributed by atoms with van der Waals surface area (Å²) in [6, 6.07) is 23.4. The van der Waals surface area contributed by atoms with E-state index in [0.29, 0.717) is 0 Å². The predicted molar refractivity (Wildman–Crippen MR) is 104 cm³/mol. The molecule has 0 amide bonds. The van der Waals surface area contributed by atoms with Gasteiger partial charge in [-0.25, -0.2) is 0 Å². The molecule has 0 saturated carbocycles. The molecule has 3 heteroatoms. The minimum atomic E-state index is -0.390. The van der Waals surface area contributed by atoms with E-state index in [1.54, 1.807) is 7.11 Å². The van der Waals surface area contributed by atoms with Crippen LogP contribution in [0.2, 0.25) is 0 Å². The zero-order valence-electron chi connectivity index (χ0n) is 14.8. The van der Waals surface area contributed by atoms with Gasteiger partial charge in [0.1, 0.15) is 5.75 Å². The number of carbonyl (C=O) groups is 1. The van der Waals surface area contributed by atoms with Gasteiger partial charge in [-0.15, -0.1) is 0 Å². The second-order valence-corrected chi connectivity index (χ2v) is 6.45. The average molecular weight is 341 g/mol. The first-order chi connectivity index (χ1) is 12.7. The van der Waals surface area contributed by atoms with E-state index in [2.05, 4.69) is 0 Å². The summed E-state index contributed by atoms with van der Waals surface area (Å²) in [5.74, 6) is 0.477. The Kier molecular flexibility index (Phi) is 4.13. The Balaban J connectivity index is 1.87. The number of carbonyl (C=O) groups excluding carboxylic acids is 1. The van der Waals surface area contributed by atoms with Gasteiger partial charge in [0.2, 0.25) is 0 Å². The van der Waals surface area contributed by atoms with Crippen molar-refractivity contribution in [2.24, 2.45) is 4.99 Å². The van der Waals surface area contributed by atoms with E-state index in [4.69, 9.17) is 9.73 Å². The molecule has 3 aromatic carbocycles. The van der Waals surface area contributed by atoms with Crippen molar-refractivity contribution < 1.29 is 9.53 Å². The van der Waals surface area contributed by atoms with E-state index in [9.17, 15) is 4.79 Å². The molecule has 26 heavy (non-hydrogen) atoms. The minimum absolute atomic E-state index is 0.0946. The standard InChI is InChI=1S/C23H19NO2/c1-15-6-5-7-17(14-15)24-22-19-8-3-4-9-20(19)23(25)21(22)16-10-12-18(26-2)13-11-16/h3-14,21H,1-2H3/t21-/m0/s1. The lowest BCUT2D eigenvalue weighted by molar-refractivity contribution is 0.0988. The maximum atomic E-state index is 13.1. The number of hydrogen-bond acceptors (Lipinski definition) is 3. The van der Waals surface area contributed by atoms with Crippen molar-refractivity contribution in [3.8, 4) is 5.75 Å². The second kappa shape index (κ2) is 6.60. The largest absolute Gasteiger partial charge is 0.497 e. The fourth-order valence-corrected chi connectivity index (χ4v) is 3.42. The Hall–Kier alpha value is -3.20. The maximum absolute atomic E-state index is 13.1. The summed E-state index contributed by atoms with van der Waals surface area (Å²) >= 11 is 0. The van der Waals surface area contributed by atoms with Crippen molar-refractivity contribution in [2.45, 2.75) is 12.8 Å². The highest BCUT2D eigenvalue weighted by Crippen LogP contribution is 2.36. The highest BCUT2D eigenvalue weighted by atomic mass is 16.5. The van der Waals surface area contributed by atoms with Gasteiger partial charge >= 0.3 is 0 Å². The molecule has 1 aliphatic rings. The van der Waals surface area contributed by atoms with Gasteiger partial charge in [0.15, 0.2) is 5.78 Å². The molecule has 3 aromatic rings. The third-order valence-corrected chi connectivity index (χ3v) is 4.70. The summed E-state index contributed by atoms with van der Waals surface area (Å²) in [5.41, 5.74) is 5.40. The van der Waals surface area contributed by atoms with Gasteiger partial charge in [-0.3, -0.25) is 9.79 Å². The van der Waals surface area contributed by atoms with E-state index < -0.39 is 0 Å². The molecule has 4 rings (SSSR count). The number of aliphatic imine (C=N–C) groups is 1. The van der Waals surface area contributed by atoms with Crippen molar-refractivity contribution in [3.05, 3.63) is 95.1 Å². The van der Waals surface area contributed by atoms with Crippen LogP contribution >= 0.6 is 0 Å². The summed E-state index contributed by atoms with van der Waals surface area (Å²) in [6.07, 6.45) is 0. The number of Topliss-reactive ketones (excluding diaryl/α,β-unsaturated/α-hetero) is 1. The molecule has 3 nitrogen and oxygen atoms in total. The number of ketones is 1. The fourth-order valence-electron chi connectivity index (χ4n) is 3.42. The Labute approximate surface area is 153 Å². The van der Waals surface area contributed by atoms with Crippen LogP contribution in [0, 0.1) is 6.92 Å². The Morgan fingerprint density at radius 2 is 1.62 bits per heavy atom. The third kappa shape index (κ3) is 2.82. The summed E-state index contributed by atoms with van der Waals surface area (Å²) in [6.45, 7) is 2.04. The van der Waals surface area contributed by atoms with Gasteiger partial charge in [-0.05, 0) is 42.3 Å². The summed E-state index contributed by atoms with van der Waals surface area (Å²) in [7, 11) is 1.64. The van der Waals surface area contributed by atoms with Crippen molar-refractivity contribution in [2.75, 3.05) is 7.11 Å². The first kappa shape index (κ1) is 16.3. The number of fused-ring (bicyclic) bond motifs is 1. The first-order valence-electron chi connectivity index (χ1n) is 8.60. The summed E-state index contributed by atoms with van der Waals surface area (Å²) < 4.78 is 5.24. The van der Waals surface area contributed by atoms with Gasteiger partial charge in [0.05, 0.1) is 24.4 Å². The first-order valence-corrected chi connectivity index (χ1v) is 8.60. The van der Waals surface area contributed by atoms with Gasteiger partial charge in [-0.2, -0.15) is 0 Å². The molecule has 0 heterocycles. The molecular formula is C23H19NO2. The number of nitrogens with zero attached hydrogens (tertiary/aromatic N) is 1. The Bertz CT molecular complexity index is 1000. The lowest BCUT2D eigenvalue weighted by atomic mass is 9.93. The van der Waals surface area contributed by atoms with E-state index in [0.717, 1.165) is 39.4 Å². The van der Waals surface area contributed by atoms with Crippen LogP contribution in [0.3, 0.4) is 0 Å². The monoisotopic (exact) mass is 341 g/mol. The number of rotatable bonds is 3. The highest BCUT2D eigenvalue weighted by molar-refractivity contribution is 6.32. The van der Waals surface area contributed by atoms with Gasteiger partial charge < -0.3 is 4.74 Å². The van der Waals surface area contributed by atoms with Crippen molar-refractivity contribution in [3.63, 3.8) is 0 Å². The van der Waals surface area contributed by atoms with Crippen molar-refractivity contribution in [1.82, 2.24) is 0 Å². The minimum Gasteiger partial charge on any atom is -0.497 e. The fraction of sp³-hybridized carbons (Fsp3) is 0.130. The van der Waals surface area contributed by atoms with Crippen LogP contribution < -0.4 is 4.74 Å². The SMILES string of the molecule is COc1ccc([C@@H]2C(=O)c3ccccc3C2=Nc2cccc(C)c2)cc1. The summed E-state index contributed by atoms with van der Waals surface area (Å²) in [5, 5.41) is 0. The summed E-state index contributed by atoms with van der Waals surface area (Å²) in [4.78, 5) is 18.0. The number of hydrogen-bond donors (Lipinski definition) is 0. The predicted octanol–water partition coefficient (Wildman–Crippen LogP) is 5.10. The lowest BCUT2D eigenvalue weighted by Crippen LogP contribution is -2.13. The van der Waals surface area contributed by atoms with Crippen molar-refractivity contribution in [1.29, 1.82) is 0 Å². The zero-order chi connectivity index (χ0) is 18.1. The molecule has 0 aromatic heterocycles. The molecule has 0 spiro atoms. The van der Waals surface area contributed by atoms with Crippen LogP contribution in [0.25, 0.3) is 0 Å². The zero-order valence-corrected chi connectivity index (χ0v) is 14.8. The topological polar surface area (TPSA) is 38.7 Å². The smallest absolute Gasteiger partial charge is 0.176 e. The Morgan fingerprint density at radius 1 is 0.885 bits per heavy atom. The van der Waals surface area contributed by atoms with Crippen LogP contribution in [-0.4, -0.2) is 18.6 Å². The molecule has 0 radical (unpaired) electrons. The van der Waals surface area contributed by atoms with E-state index in [1.807, 2.05) is 79.7 Å². The normalized spacial score (nSPS) is 17.4. The van der Waals surface area contributed by atoms with Crippen LogP contribution in [0.1, 0.15) is 33.0 Å².